The Balaban J connectivity index is 0.00000420. The molecule has 0 atom stereocenters. The number of halogens is 2. The smallest absolute Gasteiger partial charge is 0.243 e. The predicted octanol–water partition coefficient (Wildman–Crippen LogP) is 2.61. The summed E-state index contributed by atoms with van der Waals surface area (Å²) < 4.78 is 13.0. The molecule has 2 rings (SSSR count). The topological polar surface area (TPSA) is 60.0 Å². The normalized spacial score (nSPS) is 15.4. The summed E-state index contributed by atoms with van der Waals surface area (Å²) in [6.07, 6.45) is 1.97. The molecule has 1 aliphatic rings. The summed E-state index contributed by atoms with van der Waals surface area (Å²) in [6.45, 7) is 9.33. The van der Waals surface area contributed by atoms with E-state index in [0.717, 1.165) is 43.6 Å². The molecule has 1 aromatic carbocycles. The Bertz CT molecular complexity index is 685. The van der Waals surface area contributed by atoms with Gasteiger partial charge in [0.2, 0.25) is 5.91 Å². The molecule has 8 heteroatoms. The maximum absolute atomic E-state index is 13.0. The number of hydrogen-bond acceptors (Lipinski definition) is 3. The number of piperidine rings is 1. The first-order valence-corrected chi connectivity index (χ1v) is 9.69. The monoisotopic (exact) mass is 517 g/mol. The zero-order chi connectivity index (χ0) is 20.5. The van der Waals surface area contributed by atoms with E-state index < -0.39 is 0 Å². The molecule has 29 heavy (non-hydrogen) atoms. The van der Waals surface area contributed by atoms with E-state index in [1.54, 1.807) is 14.1 Å². The summed E-state index contributed by atoms with van der Waals surface area (Å²) in [4.78, 5) is 20.2. The van der Waals surface area contributed by atoms with Crippen LogP contribution < -0.4 is 10.6 Å². The molecule has 0 aliphatic carbocycles. The average Bonchev–Trinajstić information content (AvgIpc) is 2.66. The number of likely N-dealkylation sites (tertiary alicyclic amines) is 1. The van der Waals surface area contributed by atoms with Crippen molar-refractivity contribution < 1.29 is 9.18 Å². The number of carbonyl (C=O) groups excluding carboxylic acids is 1. The molecule has 1 fully saturated rings. The van der Waals surface area contributed by atoms with E-state index in [4.69, 9.17) is 0 Å². The van der Waals surface area contributed by atoms with Crippen molar-refractivity contribution in [2.45, 2.75) is 32.4 Å². The molecule has 6 nitrogen and oxygen atoms in total. The molecule has 0 saturated carbocycles. The van der Waals surface area contributed by atoms with Gasteiger partial charge in [0.15, 0.2) is 5.96 Å². The molecule has 1 aliphatic heterocycles. The minimum atomic E-state index is -0.200. The van der Waals surface area contributed by atoms with Crippen LogP contribution in [0.5, 0.6) is 0 Å². The Morgan fingerprint density at radius 2 is 1.90 bits per heavy atom. The molecule has 1 amide bonds. The lowest BCUT2D eigenvalue weighted by Crippen LogP contribution is -2.49. The van der Waals surface area contributed by atoms with Crippen molar-refractivity contribution in [1.29, 1.82) is 0 Å². The van der Waals surface area contributed by atoms with Crippen LogP contribution in [0.3, 0.4) is 0 Å². The van der Waals surface area contributed by atoms with Crippen LogP contribution in [-0.4, -0.2) is 68.0 Å². The van der Waals surface area contributed by atoms with E-state index >= 15 is 0 Å². The van der Waals surface area contributed by atoms with E-state index in [0.29, 0.717) is 18.5 Å². The highest BCUT2D eigenvalue weighted by molar-refractivity contribution is 14.0. The van der Waals surface area contributed by atoms with Crippen LogP contribution in [0.4, 0.5) is 4.39 Å². The molecule has 0 unspecified atom stereocenters. The molecular weight excluding hydrogens is 484 g/mol. The first-order valence-electron chi connectivity index (χ1n) is 9.69. The Hall–Kier alpha value is -1.68. The molecule has 0 bridgehead atoms. The number of amides is 1. The lowest BCUT2D eigenvalue weighted by Gasteiger charge is -2.33. The van der Waals surface area contributed by atoms with Crippen LogP contribution in [0.25, 0.3) is 0 Å². The molecule has 1 saturated heterocycles. The van der Waals surface area contributed by atoms with Crippen molar-refractivity contribution >= 4 is 35.8 Å². The van der Waals surface area contributed by atoms with Gasteiger partial charge in [-0.3, -0.25) is 9.69 Å². The van der Waals surface area contributed by atoms with Gasteiger partial charge in [0.05, 0.1) is 0 Å². The SMILES string of the molecule is C=C(C)CNC(=NCC(=O)N(C)C)NC1CCN(Cc2ccc(F)cc2)CC1.I. The second-order valence-corrected chi connectivity index (χ2v) is 7.58. The fourth-order valence-electron chi connectivity index (χ4n) is 2.95. The highest BCUT2D eigenvalue weighted by Gasteiger charge is 2.20. The zero-order valence-electron chi connectivity index (χ0n) is 17.6. The third-order valence-electron chi connectivity index (χ3n) is 4.68. The molecular formula is C21H33FIN5O. The van der Waals surface area contributed by atoms with E-state index in [2.05, 4.69) is 27.1 Å². The Morgan fingerprint density at radius 3 is 2.45 bits per heavy atom. The van der Waals surface area contributed by atoms with Crippen molar-refractivity contribution in [3.8, 4) is 0 Å². The first kappa shape index (κ1) is 25.4. The molecule has 1 aromatic rings. The quantitative estimate of drug-likeness (QED) is 0.253. The van der Waals surface area contributed by atoms with Crippen molar-refractivity contribution in [3.05, 3.63) is 47.8 Å². The third kappa shape index (κ3) is 9.58. The number of carbonyl (C=O) groups is 1. The van der Waals surface area contributed by atoms with Crippen molar-refractivity contribution in [3.63, 3.8) is 0 Å². The highest BCUT2D eigenvalue weighted by Crippen LogP contribution is 2.14. The van der Waals surface area contributed by atoms with E-state index in [1.165, 1.54) is 17.0 Å². The fraction of sp³-hybridized carbons (Fsp3) is 0.524. The maximum Gasteiger partial charge on any atom is 0.243 e. The summed E-state index contributed by atoms with van der Waals surface area (Å²) in [5, 5.41) is 6.68. The second kappa shape index (κ2) is 12.8. The minimum Gasteiger partial charge on any atom is -0.354 e. The molecule has 0 radical (unpaired) electrons. The second-order valence-electron chi connectivity index (χ2n) is 7.58. The van der Waals surface area contributed by atoms with E-state index in [1.807, 2.05) is 19.1 Å². The van der Waals surface area contributed by atoms with Crippen molar-refractivity contribution in [2.24, 2.45) is 4.99 Å². The van der Waals surface area contributed by atoms with Crippen LogP contribution >= 0.6 is 24.0 Å². The highest BCUT2D eigenvalue weighted by atomic mass is 127. The van der Waals surface area contributed by atoms with Gasteiger partial charge in [0, 0.05) is 46.3 Å². The molecule has 162 valence electrons. The largest absolute Gasteiger partial charge is 0.354 e. The standard InChI is InChI=1S/C21H32FN5O.HI/c1-16(2)13-23-21(24-14-20(28)26(3)4)25-19-9-11-27(12-10-19)15-17-5-7-18(22)8-6-17;/h5-8,19H,1,9-15H2,2-4H3,(H2,23,24,25);1H. The van der Waals surface area contributed by atoms with Crippen LogP contribution in [0.1, 0.15) is 25.3 Å². The van der Waals surface area contributed by atoms with Gasteiger partial charge in [-0.2, -0.15) is 0 Å². The summed E-state index contributed by atoms with van der Waals surface area (Å²) in [6, 6.07) is 7.00. The van der Waals surface area contributed by atoms with E-state index in [9.17, 15) is 9.18 Å². The van der Waals surface area contributed by atoms with Gasteiger partial charge in [-0.05, 0) is 37.5 Å². The van der Waals surface area contributed by atoms with Crippen LogP contribution in [0.2, 0.25) is 0 Å². The molecule has 1 heterocycles. The average molecular weight is 517 g/mol. The Morgan fingerprint density at radius 1 is 1.28 bits per heavy atom. The van der Waals surface area contributed by atoms with Gasteiger partial charge in [-0.15, -0.1) is 24.0 Å². The number of likely N-dealkylation sites (N-methyl/N-ethyl adjacent to an activating group) is 1. The number of nitrogens with zero attached hydrogens (tertiary/aromatic N) is 3. The van der Waals surface area contributed by atoms with Crippen molar-refractivity contribution in [1.82, 2.24) is 20.4 Å². The number of benzene rings is 1. The number of rotatable bonds is 7. The van der Waals surface area contributed by atoms with Gasteiger partial charge in [-0.1, -0.05) is 24.3 Å². The molecule has 0 spiro atoms. The van der Waals surface area contributed by atoms with Gasteiger partial charge < -0.3 is 15.5 Å². The molecule has 2 N–H and O–H groups in total. The Labute approximate surface area is 190 Å². The number of nitrogens with one attached hydrogen (secondary N) is 2. The minimum absolute atomic E-state index is 0. The van der Waals surface area contributed by atoms with Gasteiger partial charge in [-0.25, -0.2) is 9.38 Å². The van der Waals surface area contributed by atoms with Gasteiger partial charge in [0.1, 0.15) is 12.4 Å². The number of guanidine groups is 1. The Kier molecular flexibility index (Phi) is 11.2. The van der Waals surface area contributed by atoms with Crippen LogP contribution in [0, 0.1) is 5.82 Å². The predicted molar refractivity (Wildman–Crippen MR) is 127 cm³/mol. The van der Waals surface area contributed by atoms with E-state index in [-0.39, 0.29) is 42.2 Å². The van der Waals surface area contributed by atoms with Crippen LogP contribution in [-0.2, 0) is 11.3 Å². The first-order chi connectivity index (χ1) is 13.3. The maximum atomic E-state index is 13.0. The van der Waals surface area contributed by atoms with Gasteiger partial charge >= 0.3 is 0 Å². The fourth-order valence-corrected chi connectivity index (χ4v) is 2.95. The van der Waals surface area contributed by atoms with Crippen LogP contribution in [0.15, 0.2) is 41.4 Å². The third-order valence-corrected chi connectivity index (χ3v) is 4.68. The van der Waals surface area contributed by atoms with Crippen molar-refractivity contribution in [2.75, 3.05) is 40.3 Å². The lowest BCUT2D eigenvalue weighted by atomic mass is 10.0. The number of aliphatic imine (C=N–C) groups is 1. The summed E-state index contributed by atoms with van der Waals surface area (Å²) in [7, 11) is 3.45. The van der Waals surface area contributed by atoms with Gasteiger partial charge in [0.25, 0.3) is 0 Å². The number of hydrogen-bond donors (Lipinski definition) is 2. The zero-order valence-corrected chi connectivity index (χ0v) is 19.9. The summed E-state index contributed by atoms with van der Waals surface area (Å²) >= 11 is 0. The lowest BCUT2D eigenvalue weighted by molar-refractivity contribution is -0.127. The summed E-state index contributed by atoms with van der Waals surface area (Å²) in [5.74, 6) is 0.411. The summed E-state index contributed by atoms with van der Waals surface area (Å²) in [5.41, 5.74) is 2.13. The molecule has 0 aromatic heterocycles.